The van der Waals surface area contributed by atoms with Gasteiger partial charge < -0.3 is 9.84 Å². The van der Waals surface area contributed by atoms with E-state index in [-0.39, 0.29) is 30.5 Å². The van der Waals surface area contributed by atoms with E-state index in [2.05, 4.69) is 10.5 Å². The van der Waals surface area contributed by atoms with Gasteiger partial charge >= 0.3 is 5.69 Å². The number of nitrogens with zero attached hydrogens (tertiary/aromatic N) is 2. The van der Waals surface area contributed by atoms with Crippen LogP contribution in [0.5, 0.6) is 0 Å². The minimum atomic E-state index is -0.368. The maximum atomic E-state index is 12.0. The molecule has 2 N–H and O–H groups in total. The fourth-order valence-electron chi connectivity index (χ4n) is 2.53. The summed E-state index contributed by atoms with van der Waals surface area (Å²) in [5.41, 5.74) is 3.22. The molecule has 7 nitrogen and oxygen atoms in total. The first kappa shape index (κ1) is 12.6. The Bertz CT molecular complexity index is 530. The Balaban J connectivity index is 1.91. The van der Waals surface area contributed by atoms with Crippen LogP contribution < -0.4 is 11.2 Å². The van der Waals surface area contributed by atoms with Crippen molar-refractivity contribution in [3.8, 4) is 0 Å². The second-order valence-corrected chi connectivity index (χ2v) is 5.03. The molecule has 7 heteroatoms. The zero-order valence-corrected chi connectivity index (χ0v) is 10.7. The van der Waals surface area contributed by atoms with Crippen LogP contribution in [0, 0.1) is 5.92 Å². The molecule has 0 bridgehead atoms. The number of fused-ring (bicyclic) bond motifs is 1. The molecule has 0 spiro atoms. The molecule has 0 aromatic carbocycles. The molecule has 1 aromatic heterocycles. The Labute approximate surface area is 110 Å². The van der Waals surface area contributed by atoms with E-state index in [0.29, 0.717) is 25.3 Å². The first-order valence-electron chi connectivity index (χ1n) is 6.45. The highest BCUT2D eigenvalue weighted by atomic mass is 16.6. The zero-order valence-electron chi connectivity index (χ0n) is 10.7. The average molecular weight is 267 g/mol. The molecule has 0 saturated carbocycles. The lowest BCUT2D eigenvalue weighted by Gasteiger charge is -2.20. The van der Waals surface area contributed by atoms with E-state index in [4.69, 9.17) is 9.57 Å². The molecule has 2 aliphatic heterocycles. The molecule has 104 valence electrons. The number of ether oxygens (including phenoxy) is 1. The summed E-state index contributed by atoms with van der Waals surface area (Å²) in [7, 11) is 0. The van der Waals surface area contributed by atoms with Crippen molar-refractivity contribution in [1.82, 2.24) is 9.55 Å². The van der Waals surface area contributed by atoms with Crippen molar-refractivity contribution in [3.05, 3.63) is 22.2 Å². The van der Waals surface area contributed by atoms with Gasteiger partial charge in [0.05, 0.1) is 19.3 Å². The quantitative estimate of drug-likeness (QED) is 0.788. The van der Waals surface area contributed by atoms with Gasteiger partial charge in [0.1, 0.15) is 6.23 Å². The molecule has 1 unspecified atom stereocenters. The topological polar surface area (TPSA) is 85.6 Å². The maximum absolute atomic E-state index is 12.0. The second-order valence-electron chi connectivity index (χ2n) is 5.03. The van der Waals surface area contributed by atoms with Gasteiger partial charge in [-0.2, -0.15) is 4.98 Å². The highest BCUT2D eigenvalue weighted by Gasteiger charge is 2.33. The molecule has 0 radical (unpaired) electrons. The van der Waals surface area contributed by atoms with Gasteiger partial charge in [-0.1, -0.05) is 6.92 Å². The monoisotopic (exact) mass is 267 g/mol. The number of aromatic nitrogens is 2. The molecular weight excluding hydrogens is 250 g/mol. The fraction of sp³-hybridized carbons (Fsp3) is 0.667. The van der Waals surface area contributed by atoms with Gasteiger partial charge in [0.15, 0.2) is 5.82 Å². The van der Waals surface area contributed by atoms with Gasteiger partial charge in [0, 0.05) is 18.2 Å². The van der Waals surface area contributed by atoms with Crippen LogP contribution in [0.4, 0.5) is 5.82 Å². The van der Waals surface area contributed by atoms with Crippen molar-refractivity contribution in [2.45, 2.75) is 32.1 Å². The molecule has 0 aliphatic carbocycles. The van der Waals surface area contributed by atoms with Gasteiger partial charge in [-0.15, -0.1) is 0 Å². The number of nitrogens with one attached hydrogen (secondary N) is 1. The number of aliphatic hydroxyl groups excluding tert-OH is 1. The van der Waals surface area contributed by atoms with Crippen molar-refractivity contribution in [2.24, 2.45) is 5.92 Å². The van der Waals surface area contributed by atoms with Crippen molar-refractivity contribution in [1.29, 1.82) is 0 Å². The third-order valence-corrected chi connectivity index (χ3v) is 3.70. The average Bonchev–Trinajstić information content (AvgIpc) is 2.79. The largest absolute Gasteiger partial charge is 0.394 e. The number of anilines is 1. The number of hydrogen-bond acceptors (Lipinski definition) is 6. The summed E-state index contributed by atoms with van der Waals surface area (Å²) >= 11 is 0. The lowest BCUT2D eigenvalue weighted by atomic mass is 10.0. The second kappa shape index (κ2) is 4.92. The van der Waals surface area contributed by atoms with Crippen molar-refractivity contribution < 1.29 is 14.7 Å². The van der Waals surface area contributed by atoms with E-state index in [0.717, 1.165) is 5.56 Å². The Hall–Kier alpha value is -1.44. The van der Waals surface area contributed by atoms with Crippen LogP contribution in [-0.4, -0.2) is 34.0 Å². The number of rotatable bonds is 2. The summed E-state index contributed by atoms with van der Waals surface area (Å²) in [5.74, 6) is 0.705. The molecule has 1 aromatic rings. The van der Waals surface area contributed by atoms with Crippen molar-refractivity contribution >= 4 is 5.82 Å². The highest BCUT2D eigenvalue weighted by Crippen LogP contribution is 2.32. The molecule has 3 atom stereocenters. The van der Waals surface area contributed by atoms with E-state index in [1.165, 1.54) is 4.57 Å². The first-order valence-corrected chi connectivity index (χ1v) is 6.45. The van der Waals surface area contributed by atoms with E-state index >= 15 is 0 Å². The minimum absolute atomic E-state index is 0.0276. The minimum Gasteiger partial charge on any atom is -0.394 e. The smallest absolute Gasteiger partial charge is 0.351 e. The summed E-state index contributed by atoms with van der Waals surface area (Å²) in [6, 6.07) is 0. The van der Waals surface area contributed by atoms with Crippen molar-refractivity contribution in [2.75, 3.05) is 18.7 Å². The normalized spacial score (nSPS) is 29.9. The van der Waals surface area contributed by atoms with Gasteiger partial charge in [-0.3, -0.25) is 9.40 Å². The molecule has 1 fully saturated rings. The molecule has 1 saturated heterocycles. The molecule has 3 heterocycles. The van der Waals surface area contributed by atoms with Gasteiger partial charge in [0.25, 0.3) is 0 Å². The summed E-state index contributed by atoms with van der Waals surface area (Å²) in [5, 5.41) is 9.21. The molecule has 3 rings (SSSR count). The number of aliphatic hydroxyl groups is 1. The van der Waals surface area contributed by atoms with Crippen LogP contribution in [0.2, 0.25) is 0 Å². The lowest BCUT2D eigenvalue weighted by Crippen LogP contribution is -2.31. The Morgan fingerprint density at radius 2 is 2.47 bits per heavy atom. The van der Waals surface area contributed by atoms with Crippen LogP contribution >= 0.6 is 0 Å². The SMILES string of the molecule is CC1C[C@H](n2cc3c(nc2=O)NOCC3)O[C@H]1CO. The van der Waals surface area contributed by atoms with Crippen LogP contribution in [0.25, 0.3) is 0 Å². The number of hydrogen-bond donors (Lipinski definition) is 2. The highest BCUT2D eigenvalue weighted by molar-refractivity contribution is 5.41. The standard InChI is InChI=1S/C12H17N3O4/c1-7-4-10(19-9(7)6-16)15-5-8-2-3-18-14-11(8)13-12(15)17/h5,7,9-10,16H,2-4,6H2,1H3,(H,13,14,17)/t7?,9-,10+/m0/s1. The summed E-state index contributed by atoms with van der Waals surface area (Å²) in [6.07, 6.45) is 2.63. The third-order valence-electron chi connectivity index (χ3n) is 3.70. The predicted octanol–water partition coefficient (Wildman–Crippen LogP) is 0.0588. The fourth-order valence-corrected chi connectivity index (χ4v) is 2.53. The van der Waals surface area contributed by atoms with Gasteiger partial charge in [-0.25, -0.2) is 10.3 Å². The molecule has 2 aliphatic rings. The van der Waals surface area contributed by atoms with Crippen LogP contribution in [0.3, 0.4) is 0 Å². The summed E-state index contributed by atoms with van der Waals surface area (Å²) in [6.45, 7) is 2.53. The van der Waals surface area contributed by atoms with E-state index in [9.17, 15) is 9.90 Å². The maximum Gasteiger partial charge on any atom is 0.351 e. The first-order chi connectivity index (χ1) is 9.19. The van der Waals surface area contributed by atoms with Crippen LogP contribution in [-0.2, 0) is 16.0 Å². The van der Waals surface area contributed by atoms with E-state index < -0.39 is 0 Å². The summed E-state index contributed by atoms with van der Waals surface area (Å²) in [4.78, 5) is 21.0. The molecule has 0 amide bonds. The molecular formula is C12H17N3O4. The third kappa shape index (κ3) is 2.24. The Kier molecular flexibility index (Phi) is 3.26. The van der Waals surface area contributed by atoms with Crippen LogP contribution in [0.1, 0.15) is 25.1 Å². The van der Waals surface area contributed by atoms with Crippen LogP contribution in [0.15, 0.2) is 11.0 Å². The predicted molar refractivity (Wildman–Crippen MR) is 66.6 cm³/mol. The zero-order chi connectivity index (χ0) is 13.4. The Morgan fingerprint density at radius 3 is 3.21 bits per heavy atom. The lowest BCUT2D eigenvalue weighted by molar-refractivity contribution is -0.0314. The van der Waals surface area contributed by atoms with Crippen molar-refractivity contribution in [3.63, 3.8) is 0 Å². The van der Waals surface area contributed by atoms with E-state index in [1.54, 1.807) is 6.20 Å². The Morgan fingerprint density at radius 1 is 1.63 bits per heavy atom. The van der Waals surface area contributed by atoms with E-state index in [1.807, 2.05) is 6.92 Å². The summed E-state index contributed by atoms with van der Waals surface area (Å²) < 4.78 is 7.21. The van der Waals surface area contributed by atoms with Gasteiger partial charge in [0.2, 0.25) is 0 Å². The van der Waals surface area contributed by atoms with Gasteiger partial charge in [-0.05, 0) is 12.3 Å². The molecule has 19 heavy (non-hydrogen) atoms.